The van der Waals surface area contributed by atoms with Crippen LogP contribution < -0.4 is 0 Å². The monoisotopic (exact) mass is 223 g/mol. The Hall–Kier alpha value is -0.650. The molecule has 1 atom stereocenters. The van der Waals surface area contributed by atoms with Gasteiger partial charge in [0, 0.05) is 24.9 Å². The first-order chi connectivity index (χ1) is 6.29. The maximum atomic E-state index is 12.3. The zero-order chi connectivity index (χ0) is 10.9. The van der Waals surface area contributed by atoms with Crippen LogP contribution in [0.3, 0.4) is 0 Å². The average Bonchev–Trinajstić information content (AvgIpc) is 2.26. The van der Waals surface area contributed by atoms with Crippen molar-refractivity contribution in [1.29, 1.82) is 0 Å². The first-order valence-electron chi connectivity index (χ1n) is 4.51. The Kier molecular flexibility index (Phi) is 3.14. The standard InChI is InChI=1S/C8H14FNO3S/c1-6(2)10-4-7(3-8(10)11)5-14(9,12)13/h6-7H,3-5H2,1-2H3. The summed E-state index contributed by atoms with van der Waals surface area (Å²) in [5.41, 5.74) is 0. The SMILES string of the molecule is CC(C)N1CC(CS(=O)(=O)F)CC1=O. The minimum absolute atomic E-state index is 0.0508. The molecule has 1 aliphatic heterocycles. The van der Waals surface area contributed by atoms with Crippen molar-refractivity contribution >= 4 is 16.1 Å². The quantitative estimate of drug-likeness (QED) is 0.656. The van der Waals surface area contributed by atoms with Crippen LogP contribution in [-0.2, 0) is 15.0 Å². The van der Waals surface area contributed by atoms with Gasteiger partial charge in [0.25, 0.3) is 0 Å². The highest BCUT2D eigenvalue weighted by Crippen LogP contribution is 2.21. The molecule has 4 nitrogen and oxygen atoms in total. The van der Waals surface area contributed by atoms with Gasteiger partial charge >= 0.3 is 10.2 Å². The molecule has 0 aliphatic carbocycles. The Bertz CT molecular complexity index is 325. The second-order valence-electron chi connectivity index (χ2n) is 3.92. The smallest absolute Gasteiger partial charge is 0.302 e. The Labute approximate surface area is 83.3 Å². The van der Waals surface area contributed by atoms with E-state index >= 15 is 0 Å². The van der Waals surface area contributed by atoms with Crippen molar-refractivity contribution in [2.24, 2.45) is 5.92 Å². The maximum Gasteiger partial charge on any atom is 0.302 e. The number of hydrogen-bond donors (Lipinski definition) is 0. The lowest BCUT2D eigenvalue weighted by atomic mass is 10.1. The predicted octanol–water partition coefficient (Wildman–Crippen LogP) is 0.543. The molecule has 0 spiro atoms. The van der Waals surface area contributed by atoms with Crippen molar-refractivity contribution < 1.29 is 17.1 Å². The van der Waals surface area contributed by atoms with E-state index in [4.69, 9.17) is 0 Å². The third kappa shape index (κ3) is 2.94. The van der Waals surface area contributed by atoms with Crippen LogP contribution in [0.15, 0.2) is 0 Å². The van der Waals surface area contributed by atoms with Gasteiger partial charge in [-0.1, -0.05) is 0 Å². The molecule has 0 radical (unpaired) electrons. The highest BCUT2D eigenvalue weighted by atomic mass is 32.3. The zero-order valence-corrected chi connectivity index (χ0v) is 9.05. The zero-order valence-electron chi connectivity index (χ0n) is 8.23. The van der Waals surface area contributed by atoms with Crippen molar-refractivity contribution in [2.75, 3.05) is 12.3 Å². The molecule has 0 saturated carbocycles. The second kappa shape index (κ2) is 3.84. The number of nitrogens with zero attached hydrogens (tertiary/aromatic N) is 1. The second-order valence-corrected chi connectivity index (χ2v) is 5.33. The van der Waals surface area contributed by atoms with Gasteiger partial charge in [-0.25, -0.2) is 0 Å². The summed E-state index contributed by atoms with van der Waals surface area (Å²) in [6, 6.07) is 0.0508. The van der Waals surface area contributed by atoms with E-state index in [1.807, 2.05) is 13.8 Å². The van der Waals surface area contributed by atoms with Crippen molar-refractivity contribution in [2.45, 2.75) is 26.3 Å². The molecular weight excluding hydrogens is 209 g/mol. The molecule has 82 valence electrons. The van der Waals surface area contributed by atoms with Gasteiger partial charge in [0.2, 0.25) is 5.91 Å². The molecular formula is C8H14FNO3S. The molecule has 1 saturated heterocycles. The first-order valence-corrected chi connectivity index (χ1v) is 6.06. The van der Waals surface area contributed by atoms with Crippen LogP contribution in [0.5, 0.6) is 0 Å². The van der Waals surface area contributed by atoms with E-state index in [2.05, 4.69) is 0 Å². The third-order valence-electron chi connectivity index (χ3n) is 2.30. The largest absolute Gasteiger partial charge is 0.340 e. The molecule has 0 N–H and O–H groups in total. The summed E-state index contributed by atoms with van der Waals surface area (Å²) < 4.78 is 33.1. The van der Waals surface area contributed by atoms with Gasteiger partial charge in [-0.2, -0.15) is 8.42 Å². The molecule has 14 heavy (non-hydrogen) atoms. The maximum absolute atomic E-state index is 12.3. The summed E-state index contributed by atoms with van der Waals surface area (Å²) in [6.07, 6.45) is 0.140. The van der Waals surface area contributed by atoms with Crippen LogP contribution in [0.4, 0.5) is 3.89 Å². The van der Waals surface area contributed by atoms with Gasteiger partial charge in [0.1, 0.15) is 0 Å². The average molecular weight is 223 g/mol. The number of rotatable bonds is 3. The summed E-state index contributed by atoms with van der Waals surface area (Å²) >= 11 is 0. The van der Waals surface area contributed by atoms with Gasteiger partial charge in [-0.05, 0) is 13.8 Å². The molecule has 1 unspecified atom stereocenters. The van der Waals surface area contributed by atoms with E-state index in [-0.39, 0.29) is 24.3 Å². The van der Waals surface area contributed by atoms with Crippen LogP contribution in [0.2, 0.25) is 0 Å². The molecule has 0 aromatic rings. The van der Waals surface area contributed by atoms with Gasteiger partial charge < -0.3 is 4.90 Å². The molecule has 0 aromatic heterocycles. The van der Waals surface area contributed by atoms with E-state index in [1.54, 1.807) is 4.90 Å². The molecule has 1 amide bonds. The highest BCUT2D eigenvalue weighted by molar-refractivity contribution is 7.86. The molecule has 6 heteroatoms. The Morgan fingerprint density at radius 1 is 1.57 bits per heavy atom. The van der Waals surface area contributed by atoms with E-state index in [0.29, 0.717) is 6.54 Å². The van der Waals surface area contributed by atoms with Crippen LogP contribution >= 0.6 is 0 Å². The third-order valence-corrected chi connectivity index (χ3v) is 3.17. The van der Waals surface area contributed by atoms with E-state index in [0.717, 1.165) is 0 Å². The molecule has 0 aromatic carbocycles. The molecule has 1 rings (SSSR count). The number of halogens is 1. The fraction of sp³-hybridized carbons (Fsp3) is 0.875. The topological polar surface area (TPSA) is 54.5 Å². The summed E-state index contributed by atoms with van der Waals surface area (Å²) in [5, 5.41) is 0. The number of hydrogen-bond acceptors (Lipinski definition) is 3. The van der Waals surface area contributed by atoms with Gasteiger partial charge in [0.05, 0.1) is 5.75 Å². The molecule has 0 bridgehead atoms. The summed E-state index contributed by atoms with van der Waals surface area (Å²) in [5.74, 6) is -1.02. The highest BCUT2D eigenvalue weighted by Gasteiger charge is 2.33. The van der Waals surface area contributed by atoms with Crippen molar-refractivity contribution in [3.63, 3.8) is 0 Å². The molecule has 1 heterocycles. The molecule has 1 fully saturated rings. The summed E-state index contributed by atoms with van der Waals surface area (Å²) in [4.78, 5) is 12.9. The van der Waals surface area contributed by atoms with E-state index < -0.39 is 16.0 Å². The van der Waals surface area contributed by atoms with Crippen molar-refractivity contribution in [3.8, 4) is 0 Å². The predicted molar refractivity (Wildman–Crippen MR) is 49.9 cm³/mol. The van der Waals surface area contributed by atoms with Crippen LogP contribution in [-0.4, -0.2) is 37.6 Å². The number of likely N-dealkylation sites (tertiary alicyclic amines) is 1. The van der Waals surface area contributed by atoms with Crippen LogP contribution in [0.25, 0.3) is 0 Å². The minimum Gasteiger partial charge on any atom is -0.340 e. The lowest BCUT2D eigenvalue weighted by Gasteiger charge is -2.20. The Morgan fingerprint density at radius 3 is 2.50 bits per heavy atom. The Morgan fingerprint density at radius 2 is 2.14 bits per heavy atom. The van der Waals surface area contributed by atoms with Gasteiger partial charge in [-0.3, -0.25) is 4.79 Å². The summed E-state index contributed by atoms with van der Waals surface area (Å²) in [7, 11) is -4.46. The fourth-order valence-electron chi connectivity index (χ4n) is 1.70. The normalized spacial score (nSPS) is 23.6. The van der Waals surface area contributed by atoms with Crippen LogP contribution in [0, 0.1) is 5.92 Å². The number of carbonyl (C=O) groups is 1. The lowest BCUT2D eigenvalue weighted by Crippen LogP contribution is -2.32. The van der Waals surface area contributed by atoms with Gasteiger partial charge in [-0.15, -0.1) is 3.89 Å². The van der Waals surface area contributed by atoms with Crippen LogP contribution in [0.1, 0.15) is 20.3 Å². The molecule has 1 aliphatic rings. The fourth-order valence-corrected chi connectivity index (χ4v) is 2.49. The summed E-state index contributed by atoms with van der Waals surface area (Å²) in [6.45, 7) is 4.05. The van der Waals surface area contributed by atoms with Crippen molar-refractivity contribution in [3.05, 3.63) is 0 Å². The minimum atomic E-state index is -4.46. The van der Waals surface area contributed by atoms with E-state index in [9.17, 15) is 17.1 Å². The number of amides is 1. The van der Waals surface area contributed by atoms with Crippen molar-refractivity contribution in [1.82, 2.24) is 4.90 Å². The van der Waals surface area contributed by atoms with Gasteiger partial charge in [0.15, 0.2) is 0 Å². The Balaban J connectivity index is 2.60. The van der Waals surface area contributed by atoms with E-state index in [1.165, 1.54) is 0 Å². The lowest BCUT2D eigenvalue weighted by molar-refractivity contribution is -0.129. The number of carbonyl (C=O) groups excluding carboxylic acids is 1. The first kappa shape index (κ1) is 11.4.